The van der Waals surface area contributed by atoms with Crippen LogP contribution < -0.4 is 14.8 Å². The van der Waals surface area contributed by atoms with Crippen LogP contribution in [-0.4, -0.2) is 42.5 Å². The van der Waals surface area contributed by atoms with Crippen LogP contribution in [0.25, 0.3) is 27.8 Å². The minimum absolute atomic E-state index is 0.227. The molecule has 0 aliphatic carbocycles. The third-order valence-electron chi connectivity index (χ3n) is 6.92. The van der Waals surface area contributed by atoms with E-state index in [1.807, 2.05) is 71.3 Å². The zero-order valence-electron chi connectivity index (χ0n) is 22.1. The van der Waals surface area contributed by atoms with E-state index >= 15 is 0 Å². The number of nitrogens with zero attached hydrogens (tertiary/aromatic N) is 3. The summed E-state index contributed by atoms with van der Waals surface area (Å²) < 4.78 is 41.5. The smallest absolute Gasteiger partial charge is 0.268 e. The van der Waals surface area contributed by atoms with Crippen molar-refractivity contribution in [2.45, 2.75) is 11.3 Å². The fourth-order valence-electron chi connectivity index (χ4n) is 4.96. The van der Waals surface area contributed by atoms with E-state index in [0.29, 0.717) is 29.3 Å². The number of anilines is 1. The number of rotatable bonds is 9. The Balaban J connectivity index is 1.42. The van der Waals surface area contributed by atoms with Gasteiger partial charge in [0, 0.05) is 29.9 Å². The molecule has 0 saturated carbocycles. The monoisotopic (exact) mass is 552 g/mol. The molecule has 0 saturated heterocycles. The zero-order chi connectivity index (χ0) is 27.7. The van der Waals surface area contributed by atoms with E-state index in [4.69, 9.17) is 14.5 Å². The molecule has 0 spiro atoms. The van der Waals surface area contributed by atoms with Crippen molar-refractivity contribution in [3.63, 3.8) is 0 Å². The molecule has 0 fully saturated rings. The van der Waals surface area contributed by atoms with Crippen LogP contribution in [0.1, 0.15) is 5.56 Å². The Labute approximate surface area is 232 Å². The fraction of sp³-hybridized carbons (Fsp3) is 0.129. The first-order chi connectivity index (χ1) is 19.5. The highest BCUT2D eigenvalue weighted by Gasteiger charge is 2.24. The zero-order valence-corrected chi connectivity index (χ0v) is 22.9. The number of para-hydroxylation sites is 1. The van der Waals surface area contributed by atoms with Gasteiger partial charge in [0.25, 0.3) is 10.0 Å². The van der Waals surface area contributed by atoms with Crippen LogP contribution in [-0.2, 0) is 16.4 Å². The lowest BCUT2D eigenvalue weighted by Crippen LogP contribution is -2.11. The van der Waals surface area contributed by atoms with Gasteiger partial charge in [-0.05, 0) is 54.4 Å². The van der Waals surface area contributed by atoms with Crippen LogP contribution in [0, 0.1) is 0 Å². The molecule has 0 aliphatic heterocycles. The van der Waals surface area contributed by atoms with Crippen LogP contribution in [0.5, 0.6) is 11.5 Å². The minimum Gasteiger partial charge on any atom is -0.493 e. The van der Waals surface area contributed by atoms with Crippen molar-refractivity contribution in [1.82, 2.24) is 13.4 Å². The van der Waals surface area contributed by atoms with Crippen molar-refractivity contribution in [3.05, 3.63) is 109 Å². The molecular weight excluding hydrogens is 524 g/mol. The second kappa shape index (κ2) is 10.4. The average Bonchev–Trinajstić information content (AvgIpc) is 3.56. The van der Waals surface area contributed by atoms with E-state index in [2.05, 4.69) is 5.32 Å². The first-order valence-electron chi connectivity index (χ1n) is 12.8. The van der Waals surface area contributed by atoms with Crippen molar-refractivity contribution in [3.8, 4) is 22.8 Å². The van der Waals surface area contributed by atoms with Gasteiger partial charge >= 0.3 is 0 Å². The van der Waals surface area contributed by atoms with E-state index in [1.54, 1.807) is 50.7 Å². The summed E-state index contributed by atoms with van der Waals surface area (Å²) in [4.78, 5) is 5.16. The normalized spacial score (nSPS) is 11.7. The van der Waals surface area contributed by atoms with Crippen molar-refractivity contribution >= 4 is 32.4 Å². The Morgan fingerprint density at radius 3 is 2.40 bits per heavy atom. The van der Waals surface area contributed by atoms with Crippen LogP contribution in [0.4, 0.5) is 5.82 Å². The highest BCUT2D eigenvalue weighted by Crippen LogP contribution is 2.37. The number of ether oxygens (including phenoxy) is 2. The van der Waals surface area contributed by atoms with Gasteiger partial charge in [-0.1, -0.05) is 48.5 Å². The van der Waals surface area contributed by atoms with E-state index in [-0.39, 0.29) is 4.90 Å². The number of hydrogen-bond acceptors (Lipinski definition) is 6. The lowest BCUT2D eigenvalue weighted by Gasteiger charge is -2.11. The van der Waals surface area contributed by atoms with E-state index in [0.717, 1.165) is 34.4 Å². The van der Waals surface area contributed by atoms with Gasteiger partial charge in [0.1, 0.15) is 17.2 Å². The molecule has 6 rings (SSSR count). The molecule has 40 heavy (non-hydrogen) atoms. The maximum atomic E-state index is 13.7. The molecule has 0 atom stereocenters. The predicted octanol–water partition coefficient (Wildman–Crippen LogP) is 5.86. The maximum absolute atomic E-state index is 13.7. The summed E-state index contributed by atoms with van der Waals surface area (Å²) >= 11 is 0. The molecule has 202 valence electrons. The maximum Gasteiger partial charge on any atom is 0.268 e. The fourth-order valence-corrected chi connectivity index (χ4v) is 6.35. The number of hydrogen-bond donors (Lipinski definition) is 1. The topological polar surface area (TPSA) is 86.9 Å². The highest BCUT2D eigenvalue weighted by molar-refractivity contribution is 7.90. The minimum atomic E-state index is -3.82. The number of methoxy groups -OCH3 is 2. The average molecular weight is 553 g/mol. The standard InChI is InChI=1S/C31H28N4O4S/c1-38-27-16-15-22(20-28(27)39-2)17-18-32-31-30(33-29-14-8-9-19-34(29)31)25-21-35(26-13-7-6-12-24(25)26)40(36,37)23-10-4-3-5-11-23/h3-16,19-21,32H,17-18H2,1-2H3. The number of aromatic nitrogens is 3. The summed E-state index contributed by atoms with van der Waals surface area (Å²) in [5, 5.41) is 4.36. The Kier molecular flexibility index (Phi) is 6.65. The molecule has 0 bridgehead atoms. The van der Waals surface area contributed by atoms with Crippen LogP contribution in [0.3, 0.4) is 0 Å². The molecule has 3 aromatic heterocycles. The van der Waals surface area contributed by atoms with Gasteiger partial charge in [-0.25, -0.2) is 17.4 Å². The Morgan fingerprint density at radius 2 is 1.60 bits per heavy atom. The number of pyridine rings is 1. The summed E-state index contributed by atoms with van der Waals surface area (Å²) in [5.74, 6) is 2.16. The SMILES string of the molecule is COc1ccc(CCNc2c(-c3cn(S(=O)(=O)c4ccccc4)c4ccccc34)nc3ccccn23)cc1OC. The number of imidazole rings is 1. The first-order valence-corrected chi connectivity index (χ1v) is 14.3. The summed E-state index contributed by atoms with van der Waals surface area (Å²) in [6.07, 6.45) is 4.35. The van der Waals surface area contributed by atoms with Gasteiger partial charge in [0.05, 0.1) is 24.6 Å². The summed E-state index contributed by atoms with van der Waals surface area (Å²) in [6.45, 7) is 0.617. The first kappa shape index (κ1) is 25.5. The second-order valence-corrected chi connectivity index (χ2v) is 11.1. The van der Waals surface area contributed by atoms with Gasteiger partial charge in [-0.15, -0.1) is 0 Å². The third kappa shape index (κ3) is 4.44. The Hall–Kier alpha value is -4.76. The largest absolute Gasteiger partial charge is 0.493 e. The van der Waals surface area contributed by atoms with E-state index in [1.165, 1.54) is 3.97 Å². The van der Waals surface area contributed by atoms with Gasteiger partial charge in [0.15, 0.2) is 11.5 Å². The van der Waals surface area contributed by atoms with Crippen LogP contribution >= 0.6 is 0 Å². The van der Waals surface area contributed by atoms with E-state index < -0.39 is 10.0 Å². The number of nitrogens with one attached hydrogen (secondary N) is 1. The molecular formula is C31H28N4O4S. The van der Waals surface area contributed by atoms with Crippen LogP contribution in [0.2, 0.25) is 0 Å². The summed E-state index contributed by atoms with van der Waals surface area (Å²) in [5.41, 5.74) is 3.85. The lowest BCUT2D eigenvalue weighted by molar-refractivity contribution is 0.354. The molecule has 6 aromatic rings. The number of benzene rings is 3. The third-order valence-corrected chi connectivity index (χ3v) is 8.61. The molecule has 3 aromatic carbocycles. The van der Waals surface area contributed by atoms with Gasteiger partial charge in [-0.2, -0.15) is 0 Å². The molecule has 8 nitrogen and oxygen atoms in total. The molecule has 3 heterocycles. The highest BCUT2D eigenvalue weighted by atomic mass is 32.2. The van der Waals surface area contributed by atoms with Crippen molar-refractivity contribution in [1.29, 1.82) is 0 Å². The van der Waals surface area contributed by atoms with Crippen molar-refractivity contribution < 1.29 is 17.9 Å². The second-order valence-electron chi connectivity index (χ2n) is 9.28. The van der Waals surface area contributed by atoms with Gasteiger partial charge in [0.2, 0.25) is 0 Å². The lowest BCUT2D eigenvalue weighted by atomic mass is 10.1. The summed E-state index contributed by atoms with van der Waals surface area (Å²) in [7, 11) is -0.579. The van der Waals surface area contributed by atoms with E-state index in [9.17, 15) is 8.42 Å². The summed E-state index contributed by atoms with van der Waals surface area (Å²) in [6, 6.07) is 27.7. The van der Waals surface area contributed by atoms with Crippen molar-refractivity contribution in [2.75, 3.05) is 26.1 Å². The quantitative estimate of drug-likeness (QED) is 0.242. The molecule has 0 radical (unpaired) electrons. The molecule has 0 amide bonds. The Bertz CT molecular complexity index is 1930. The molecule has 9 heteroatoms. The number of fused-ring (bicyclic) bond motifs is 2. The van der Waals surface area contributed by atoms with Crippen molar-refractivity contribution in [2.24, 2.45) is 0 Å². The molecule has 1 N–H and O–H groups in total. The molecule has 0 aliphatic rings. The predicted molar refractivity (Wildman–Crippen MR) is 157 cm³/mol. The molecule has 0 unspecified atom stereocenters. The van der Waals surface area contributed by atoms with Crippen LogP contribution in [0.15, 0.2) is 108 Å². The van der Waals surface area contributed by atoms with Gasteiger partial charge < -0.3 is 14.8 Å². The Morgan fingerprint density at radius 1 is 0.850 bits per heavy atom. The van der Waals surface area contributed by atoms with Gasteiger partial charge in [-0.3, -0.25) is 4.40 Å².